The van der Waals surface area contributed by atoms with Crippen molar-refractivity contribution in [2.24, 2.45) is 11.8 Å². The molecular weight excluding hydrogens is 789 g/mol. The molecule has 0 aromatic rings. The van der Waals surface area contributed by atoms with Crippen LogP contribution in [0.15, 0.2) is 72.9 Å². The maximum absolute atomic E-state index is 12.9. The number of hydrogen-bond donors (Lipinski definition) is 1. The summed E-state index contributed by atoms with van der Waals surface area (Å²) in [6, 6.07) is 0. The van der Waals surface area contributed by atoms with Gasteiger partial charge in [-0.2, -0.15) is 0 Å². The Bertz CT molecular complexity index is 1590. The van der Waals surface area contributed by atoms with Crippen LogP contribution in [-0.4, -0.2) is 95.3 Å². The minimum Gasteiger partial charge on any atom is -0.459 e. The first-order valence-electron chi connectivity index (χ1n) is 23.4. The fraction of sp³-hybridized carbons (Fsp3) is 0.745. The van der Waals surface area contributed by atoms with E-state index in [1.807, 2.05) is 116 Å². The molecule has 0 aromatic heterocycles. The number of rotatable bonds is 1. The summed E-state index contributed by atoms with van der Waals surface area (Å²) in [5.41, 5.74) is 0. The van der Waals surface area contributed by atoms with Crippen molar-refractivity contribution >= 4 is 5.97 Å². The average molecular weight is 869 g/mol. The summed E-state index contributed by atoms with van der Waals surface area (Å²) in [7, 11) is 0. The van der Waals surface area contributed by atoms with Gasteiger partial charge in [0.15, 0.2) is 23.1 Å². The Labute approximate surface area is 373 Å². The number of ether oxygens (including phenoxy) is 9. The summed E-state index contributed by atoms with van der Waals surface area (Å²) in [4.78, 5) is 12.9. The van der Waals surface area contributed by atoms with E-state index >= 15 is 0 Å². The summed E-state index contributed by atoms with van der Waals surface area (Å²) in [5.74, 6) is -3.11. The second-order valence-corrected chi connectivity index (χ2v) is 20.3. The highest BCUT2D eigenvalue weighted by molar-refractivity contribution is 5.82. The van der Waals surface area contributed by atoms with Crippen molar-refractivity contribution in [1.82, 2.24) is 0 Å². The Morgan fingerprint density at radius 1 is 0.484 bits per heavy atom. The molecule has 11 atom stereocenters. The topological polar surface area (TPSA) is 120 Å². The second kappa shape index (κ2) is 22.6. The summed E-state index contributed by atoms with van der Waals surface area (Å²) in [5, 5.41) is 11.0. The van der Waals surface area contributed by atoms with E-state index < -0.39 is 29.3 Å². The minimum atomic E-state index is -0.781. The van der Waals surface area contributed by atoms with Gasteiger partial charge in [0, 0.05) is 57.4 Å². The molecule has 350 valence electrons. The lowest BCUT2D eigenvalue weighted by Gasteiger charge is -2.47. The van der Waals surface area contributed by atoms with Gasteiger partial charge in [0.25, 0.3) is 0 Å². The van der Waals surface area contributed by atoms with Crippen LogP contribution in [0.2, 0.25) is 0 Å². The van der Waals surface area contributed by atoms with Crippen molar-refractivity contribution in [1.29, 1.82) is 0 Å². The fourth-order valence-corrected chi connectivity index (χ4v) is 10.0. The van der Waals surface area contributed by atoms with Crippen LogP contribution in [0.3, 0.4) is 0 Å². The van der Waals surface area contributed by atoms with Crippen LogP contribution >= 0.6 is 0 Å². The monoisotopic (exact) mass is 869 g/mol. The van der Waals surface area contributed by atoms with E-state index in [2.05, 4.69) is 20.8 Å². The van der Waals surface area contributed by atoms with E-state index in [4.69, 9.17) is 42.6 Å². The molecule has 5 aliphatic heterocycles. The minimum absolute atomic E-state index is 0.00337. The number of carbonyl (C=O) groups is 1. The van der Waals surface area contributed by atoms with Crippen LogP contribution in [0, 0.1) is 11.8 Å². The molecule has 0 amide bonds. The standard InChI is InChI=1S/C51H80O11/c1-35(2)47-36(3)25-26-38-28-40(57-48(4,5)55-38)30-42-32-44(61-50(8,9)59-42)34-45-33-43(60-51(10,11)62-45)31-41-29-39(56-49(6,7)58-41)27-37(52)23-21-19-17-15-13-12-14-16-18-20-22-24-46(53)54-47/h12-22,24,35-45,47,52H,23,25-34H2,1-11H3/b13-12+,16-14+,17-15+,20-18+,21-19+,24-22+/t36-,37+,38-,39-,40-,41-,42-,43-,44+,45+,47-/m0/s1. The van der Waals surface area contributed by atoms with E-state index in [0.29, 0.717) is 32.1 Å². The molecule has 0 unspecified atom stereocenters. The van der Waals surface area contributed by atoms with Crippen molar-refractivity contribution in [3.8, 4) is 0 Å². The predicted molar refractivity (Wildman–Crippen MR) is 241 cm³/mol. The molecular formula is C51H80O11. The molecule has 1 N–H and O–H groups in total. The van der Waals surface area contributed by atoms with Crippen LogP contribution in [0.5, 0.6) is 0 Å². The summed E-state index contributed by atoms with van der Waals surface area (Å²) < 4.78 is 58.0. The quantitative estimate of drug-likeness (QED) is 0.254. The Balaban J connectivity index is 1.30. The number of aliphatic hydroxyl groups excluding tert-OH is 1. The van der Waals surface area contributed by atoms with E-state index in [9.17, 15) is 9.90 Å². The van der Waals surface area contributed by atoms with Crippen LogP contribution < -0.4 is 0 Å². The summed E-state index contributed by atoms with van der Waals surface area (Å²) in [6.07, 6.45) is 28.7. The van der Waals surface area contributed by atoms with E-state index in [1.165, 1.54) is 6.08 Å². The van der Waals surface area contributed by atoms with Gasteiger partial charge in [-0.3, -0.25) is 0 Å². The Kier molecular flexibility index (Phi) is 18.5. The first-order valence-corrected chi connectivity index (χ1v) is 23.4. The number of fused-ring (bicyclic) bond motifs is 8. The van der Waals surface area contributed by atoms with Crippen molar-refractivity contribution < 1.29 is 52.5 Å². The van der Waals surface area contributed by atoms with Gasteiger partial charge in [-0.25, -0.2) is 4.79 Å². The number of aliphatic hydroxyl groups is 1. The zero-order chi connectivity index (χ0) is 45.1. The third kappa shape index (κ3) is 17.5. The molecule has 0 aliphatic carbocycles. The molecule has 11 heteroatoms. The van der Waals surface area contributed by atoms with Gasteiger partial charge >= 0.3 is 5.97 Å². The lowest BCUT2D eigenvalue weighted by Crippen LogP contribution is -2.52. The highest BCUT2D eigenvalue weighted by Gasteiger charge is 2.45. The molecule has 11 nitrogen and oxygen atoms in total. The van der Waals surface area contributed by atoms with Crippen LogP contribution in [0.25, 0.3) is 0 Å². The van der Waals surface area contributed by atoms with Crippen molar-refractivity contribution in [2.75, 3.05) is 0 Å². The van der Waals surface area contributed by atoms with E-state index in [1.54, 1.807) is 6.08 Å². The average Bonchev–Trinajstić information content (AvgIpc) is 3.11. The maximum atomic E-state index is 12.9. The third-order valence-electron chi connectivity index (χ3n) is 12.0. The molecule has 8 bridgehead atoms. The third-order valence-corrected chi connectivity index (χ3v) is 12.0. The van der Waals surface area contributed by atoms with Gasteiger partial charge in [-0.05, 0) is 86.5 Å². The van der Waals surface area contributed by atoms with Gasteiger partial charge in [0.2, 0.25) is 0 Å². The highest BCUT2D eigenvalue weighted by Crippen LogP contribution is 2.40. The first-order chi connectivity index (χ1) is 29.1. The number of esters is 1. The van der Waals surface area contributed by atoms with Crippen molar-refractivity contribution in [2.45, 2.75) is 231 Å². The molecule has 0 saturated carbocycles. The molecule has 5 heterocycles. The molecule has 5 rings (SSSR count). The summed E-state index contributed by atoms with van der Waals surface area (Å²) >= 11 is 0. The van der Waals surface area contributed by atoms with Gasteiger partial charge in [0.1, 0.15) is 6.10 Å². The van der Waals surface area contributed by atoms with E-state index in [0.717, 1.165) is 38.5 Å². The zero-order valence-corrected chi connectivity index (χ0v) is 39.7. The van der Waals surface area contributed by atoms with Crippen LogP contribution in [0.4, 0.5) is 0 Å². The lowest BCUT2D eigenvalue weighted by molar-refractivity contribution is -0.339. The van der Waals surface area contributed by atoms with Gasteiger partial charge in [-0.1, -0.05) is 87.6 Å². The van der Waals surface area contributed by atoms with Crippen molar-refractivity contribution in [3.63, 3.8) is 0 Å². The Morgan fingerprint density at radius 3 is 1.19 bits per heavy atom. The highest BCUT2D eigenvalue weighted by atomic mass is 16.7. The van der Waals surface area contributed by atoms with Crippen LogP contribution in [-0.2, 0) is 47.4 Å². The first kappa shape index (κ1) is 50.5. The SMILES string of the molecule is CC(C)[C@@H]1OC(=O)/C=C/C=C/C=C/C=C/C=C/C=C/C[C@@H](O)C[C@H]2C[C@@H](C[C@H]3C[C@H](C[C@H]4C[C@H](C[C@@H]5C[C@H](CC[C@@H]1C)OC(C)(C)O5)OC(C)(C)O4)OC(C)(C)O3)OC(C)(C)O2. The maximum Gasteiger partial charge on any atom is 0.331 e. The zero-order valence-electron chi connectivity index (χ0n) is 39.7. The second-order valence-electron chi connectivity index (χ2n) is 20.3. The number of cyclic esters (lactones) is 1. The molecule has 62 heavy (non-hydrogen) atoms. The molecule has 5 aliphatic rings. The number of allylic oxidation sites excluding steroid dienone is 10. The number of hydrogen-bond acceptors (Lipinski definition) is 11. The Hall–Kier alpha value is -2.45. The lowest BCUT2D eigenvalue weighted by atomic mass is 9.88. The number of carbonyl (C=O) groups excluding carboxylic acids is 1. The smallest absolute Gasteiger partial charge is 0.331 e. The van der Waals surface area contributed by atoms with Gasteiger partial charge < -0.3 is 47.7 Å². The molecule has 0 aromatic carbocycles. The normalized spacial score (nSPS) is 40.8. The largest absolute Gasteiger partial charge is 0.459 e. The van der Waals surface area contributed by atoms with E-state index in [-0.39, 0.29) is 72.7 Å². The molecule has 4 saturated heterocycles. The molecule has 0 spiro atoms. The molecule has 4 fully saturated rings. The molecule has 0 radical (unpaired) electrons. The van der Waals surface area contributed by atoms with Crippen LogP contribution in [0.1, 0.15) is 147 Å². The van der Waals surface area contributed by atoms with Gasteiger partial charge in [0.05, 0.1) is 54.9 Å². The fourth-order valence-electron chi connectivity index (χ4n) is 10.0. The summed E-state index contributed by atoms with van der Waals surface area (Å²) in [6.45, 7) is 22.2. The van der Waals surface area contributed by atoms with Crippen molar-refractivity contribution in [3.05, 3.63) is 72.9 Å². The Morgan fingerprint density at radius 2 is 0.806 bits per heavy atom. The predicted octanol–water partition coefficient (Wildman–Crippen LogP) is 10.3. The van der Waals surface area contributed by atoms with Gasteiger partial charge in [-0.15, -0.1) is 0 Å².